The van der Waals surface area contributed by atoms with Gasteiger partial charge in [0, 0.05) is 0 Å². The number of fused-ring (bicyclic) bond motifs is 1. The number of carbonyl (C=O) groups excluding carboxylic acids is 1. The van der Waals surface area contributed by atoms with Crippen LogP contribution in [0.25, 0.3) is 0 Å². The lowest BCUT2D eigenvalue weighted by molar-refractivity contribution is -0.117. The Bertz CT molecular complexity index is 684. The second-order valence-electron chi connectivity index (χ2n) is 5.49. The summed E-state index contributed by atoms with van der Waals surface area (Å²) in [6, 6.07) is 3.31. The molecule has 2 N–H and O–H groups in total. The zero-order valence-corrected chi connectivity index (χ0v) is 11.9. The zero-order valence-electron chi connectivity index (χ0n) is 11.1. The highest BCUT2D eigenvalue weighted by molar-refractivity contribution is 7.92. The number of phenols is 1. The van der Waals surface area contributed by atoms with Gasteiger partial charge < -0.3 is 5.11 Å². The lowest BCUT2D eigenvalue weighted by Gasteiger charge is -2.24. The molecule has 0 saturated carbocycles. The second-order valence-corrected chi connectivity index (χ2v) is 7.09. The van der Waals surface area contributed by atoms with Crippen molar-refractivity contribution < 1.29 is 18.3 Å². The van der Waals surface area contributed by atoms with E-state index in [1.165, 1.54) is 0 Å². The maximum absolute atomic E-state index is 11.8. The van der Waals surface area contributed by atoms with E-state index in [0.717, 1.165) is 34.7 Å². The highest BCUT2D eigenvalue weighted by atomic mass is 32.2. The van der Waals surface area contributed by atoms with Crippen molar-refractivity contribution in [1.82, 2.24) is 4.72 Å². The molecule has 3 rings (SSSR count). The molecule has 7 heteroatoms. The van der Waals surface area contributed by atoms with E-state index in [1.807, 2.05) is 4.72 Å². The van der Waals surface area contributed by atoms with Gasteiger partial charge >= 0.3 is 10.2 Å². The molecule has 20 heavy (non-hydrogen) atoms. The van der Waals surface area contributed by atoms with E-state index in [2.05, 4.69) is 6.92 Å². The van der Waals surface area contributed by atoms with E-state index < -0.39 is 16.1 Å². The molecule has 108 valence electrons. The number of amides is 1. The first-order chi connectivity index (χ1) is 9.37. The van der Waals surface area contributed by atoms with E-state index in [0.29, 0.717) is 5.92 Å². The number of aryl methyl sites for hydroxylation is 1. The van der Waals surface area contributed by atoms with Crippen molar-refractivity contribution in [3.05, 3.63) is 23.3 Å². The SMILES string of the molecule is CC1CCc2cc(O)c(N3CC(=O)NS3(=O)=O)cc2C1. The largest absolute Gasteiger partial charge is 0.506 e. The molecule has 1 aliphatic heterocycles. The Morgan fingerprint density at radius 1 is 1.35 bits per heavy atom. The molecule has 0 bridgehead atoms. The number of aromatic hydroxyl groups is 1. The van der Waals surface area contributed by atoms with Crippen LogP contribution in [0.4, 0.5) is 5.69 Å². The quantitative estimate of drug-likeness (QED) is 0.798. The number of phenolic OH excluding ortho intramolecular Hbond substituents is 1. The average molecular weight is 296 g/mol. The molecule has 0 radical (unpaired) electrons. The summed E-state index contributed by atoms with van der Waals surface area (Å²) in [5.41, 5.74) is 2.28. The first-order valence-corrected chi connectivity index (χ1v) is 7.99. The lowest BCUT2D eigenvalue weighted by Crippen LogP contribution is -2.29. The molecule has 1 saturated heterocycles. The Balaban J connectivity index is 2.07. The summed E-state index contributed by atoms with van der Waals surface area (Å²) in [6.45, 7) is 1.86. The van der Waals surface area contributed by atoms with Crippen LogP contribution < -0.4 is 9.03 Å². The van der Waals surface area contributed by atoms with Crippen molar-refractivity contribution in [2.45, 2.75) is 26.2 Å². The Hall–Kier alpha value is -1.76. The zero-order chi connectivity index (χ0) is 14.5. The third-order valence-electron chi connectivity index (χ3n) is 3.86. The smallest absolute Gasteiger partial charge is 0.326 e. The molecule has 1 fully saturated rings. The minimum absolute atomic E-state index is 0.0987. The van der Waals surface area contributed by atoms with Crippen molar-refractivity contribution in [2.75, 3.05) is 10.8 Å². The van der Waals surface area contributed by atoms with E-state index >= 15 is 0 Å². The average Bonchev–Trinajstić information content (AvgIpc) is 2.62. The van der Waals surface area contributed by atoms with E-state index in [4.69, 9.17) is 0 Å². The van der Waals surface area contributed by atoms with Gasteiger partial charge in [0.05, 0.1) is 5.69 Å². The summed E-state index contributed by atoms with van der Waals surface area (Å²) in [6.07, 6.45) is 2.81. The minimum Gasteiger partial charge on any atom is -0.506 e. The molecular weight excluding hydrogens is 280 g/mol. The van der Waals surface area contributed by atoms with Gasteiger partial charge in [-0.3, -0.25) is 4.79 Å². The maximum Gasteiger partial charge on any atom is 0.326 e. The monoisotopic (exact) mass is 296 g/mol. The second kappa shape index (κ2) is 4.37. The van der Waals surface area contributed by atoms with Crippen molar-refractivity contribution in [3.8, 4) is 5.75 Å². The molecule has 1 aromatic carbocycles. The summed E-state index contributed by atoms with van der Waals surface area (Å²) in [5.74, 6) is -0.149. The van der Waals surface area contributed by atoms with Gasteiger partial charge in [-0.1, -0.05) is 6.92 Å². The molecule has 1 unspecified atom stereocenters. The predicted octanol–water partition coefficient (Wildman–Crippen LogP) is 0.698. The van der Waals surface area contributed by atoms with Crippen LogP contribution in [0.1, 0.15) is 24.5 Å². The Morgan fingerprint density at radius 3 is 2.75 bits per heavy atom. The minimum atomic E-state index is -3.88. The van der Waals surface area contributed by atoms with Crippen LogP contribution in [0, 0.1) is 5.92 Å². The van der Waals surface area contributed by atoms with Gasteiger partial charge in [0.25, 0.3) is 5.91 Å². The van der Waals surface area contributed by atoms with E-state index in [9.17, 15) is 18.3 Å². The third kappa shape index (κ3) is 2.11. The Morgan fingerprint density at radius 2 is 2.10 bits per heavy atom. The van der Waals surface area contributed by atoms with Crippen molar-refractivity contribution >= 4 is 21.8 Å². The molecule has 1 atom stereocenters. The Kier molecular flexibility index (Phi) is 2.89. The summed E-state index contributed by atoms with van der Waals surface area (Å²) in [4.78, 5) is 11.3. The van der Waals surface area contributed by atoms with Gasteiger partial charge in [-0.15, -0.1) is 0 Å². The molecular formula is C13H16N2O4S. The highest BCUT2D eigenvalue weighted by Crippen LogP contribution is 2.37. The Labute approximate surface area is 117 Å². The van der Waals surface area contributed by atoms with E-state index in [-0.39, 0.29) is 18.0 Å². The molecule has 0 aromatic heterocycles. The summed E-state index contributed by atoms with van der Waals surface area (Å²) in [5, 5.41) is 10.1. The summed E-state index contributed by atoms with van der Waals surface area (Å²) >= 11 is 0. The first-order valence-electron chi connectivity index (χ1n) is 6.55. The standard InChI is InChI=1S/C13H16N2O4S/c1-8-2-3-9-6-12(16)11(5-10(9)4-8)15-7-13(17)14-20(15,18)19/h5-6,8,16H,2-4,7H2,1H3,(H,14,17). The van der Waals surface area contributed by atoms with E-state index in [1.54, 1.807) is 12.1 Å². The van der Waals surface area contributed by atoms with Crippen molar-refractivity contribution in [1.29, 1.82) is 0 Å². The normalized spacial score (nSPS) is 24.4. The maximum atomic E-state index is 11.8. The molecule has 0 spiro atoms. The number of benzene rings is 1. The van der Waals surface area contributed by atoms with Crippen molar-refractivity contribution in [2.24, 2.45) is 5.92 Å². The molecule has 1 amide bonds. The van der Waals surface area contributed by atoms with Gasteiger partial charge in [-0.05, 0) is 48.4 Å². The number of carbonyl (C=O) groups is 1. The van der Waals surface area contributed by atoms with Gasteiger partial charge in [-0.2, -0.15) is 8.42 Å². The number of nitrogens with zero attached hydrogens (tertiary/aromatic N) is 1. The molecule has 6 nitrogen and oxygen atoms in total. The number of hydrogen-bond acceptors (Lipinski definition) is 4. The first kappa shape index (κ1) is 13.2. The summed E-state index contributed by atoms with van der Waals surface area (Å²) < 4.78 is 26.5. The van der Waals surface area contributed by atoms with Gasteiger partial charge in [0.1, 0.15) is 12.3 Å². The molecule has 1 heterocycles. The fourth-order valence-electron chi connectivity index (χ4n) is 2.83. The molecule has 2 aliphatic rings. The van der Waals surface area contributed by atoms with Crippen LogP contribution in [0.15, 0.2) is 12.1 Å². The van der Waals surface area contributed by atoms with Crippen LogP contribution in [0.5, 0.6) is 5.75 Å². The third-order valence-corrected chi connectivity index (χ3v) is 5.25. The lowest BCUT2D eigenvalue weighted by atomic mass is 9.84. The fourth-order valence-corrected chi connectivity index (χ4v) is 3.98. The number of anilines is 1. The van der Waals surface area contributed by atoms with Crippen LogP contribution >= 0.6 is 0 Å². The van der Waals surface area contributed by atoms with Crippen molar-refractivity contribution in [3.63, 3.8) is 0 Å². The topological polar surface area (TPSA) is 86.7 Å². The van der Waals surface area contributed by atoms with Crippen LogP contribution in [0.3, 0.4) is 0 Å². The number of hydrogen-bond donors (Lipinski definition) is 2. The molecule has 1 aromatic rings. The molecule has 1 aliphatic carbocycles. The summed E-state index contributed by atoms with van der Waals surface area (Å²) in [7, 11) is -3.88. The van der Waals surface area contributed by atoms with Crippen LogP contribution in [0.2, 0.25) is 0 Å². The van der Waals surface area contributed by atoms with Gasteiger partial charge in [-0.25, -0.2) is 9.03 Å². The highest BCUT2D eigenvalue weighted by Gasteiger charge is 2.36. The fraction of sp³-hybridized carbons (Fsp3) is 0.462. The predicted molar refractivity (Wildman–Crippen MR) is 73.7 cm³/mol. The van der Waals surface area contributed by atoms with Crippen LogP contribution in [-0.4, -0.2) is 26.0 Å². The van der Waals surface area contributed by atoms with Gasteiger partial charge in [0.2, 0.25) is 0 Å². The number of nitrogens with one attached hydrogen (secondary N) is 1. The number of rotatable bonds is 1. The van der Waals surface area contributed by atoms with Gasteiger partial charge in [0.15, 0.2) is 0 Å². The van der Waals surface area contributed by atoms with Crippen LogP contribution in [-0.2, 0) is 27.8 Å².